The van der Waals surface area contributed by atoms with Crippen molar-refractivity contribution in [2.45, 2.75) is 111 Å². The molecule has 0 aliphatic heterocycles. The van der Waals surface area contributed by atoms with Crippen LogP contribution in [0.15, 0.2) is 60.2 Å². The minimum atomic E-state index is -0.811. The van der Waals surface area contributed by atoms with Crippen molar-refractivity contribution in [3.63, 3.8) is 0 Å². The largest absolute Gasteiger partial charge is 0.478 e. The molecule has 2 heteroatoms. The number of carbonyl (C=O) groups is 1. The summed E-state index contributed by atoms with van der Waals surface area (Å²) in [6.07, 6.45) is 17.3. The van der Waals surface area contributed by atoms with Crippen LogP contribution in [0.4, 0.5) is 0 Å². The zero-order valence-electron chi connectivity index (χ0n) is 27.9. The summed E-state index contributed by atoms with van der Waals surface area (Å²) in [4.78, 5) is 12.7. The molecule has 0 amide bonds. The van der Waals surface area contributed by atoms with Crippen molar-refractivity contribution in [1.82, 2.24) is 0 Å². The standard InChI is InChI=1S/C42H54O2/c1-26(2)10-8-11-27(3)35-18-19-36-34-17-16-31-25-29(20-22-41(31,4)37(34)21-23-42(35,36)5)32-15-9-13-30-24-28-12-6-7-14-33(28)39(38(30)32)40(43)44/h6-7,9,12-16,24,26-27,29,34-37H,8,10-11,17-23,25H2,1-5H3,(H,43,44)/t27-,29+,34+,35-,36+,37+,41+,42-/m1/s1. The van der Waals surface area contributed by atoms with Gasteiger partial charge in [0, 0.05) is 5.39 Å². The van der Waals surface area contributed by atoms with Crippen LogP contribution in [0, 0.1) is 46.3 Å². The van der Waals surface area contributed by atoms with E-state index in [1.165, 1.54) is 63.4 Å². The Morgan fingerprint density at radius 2 is 1.70 bits per heavy atom. The van der Waals surface area contributed by atoms with Crippen molar-refractivity contribution in [2.75, 3.05) is 0 Å². The Labute approximate surface area is 265 Å². The highest BCUT2D eigenvalue weighted by Crippen LogP contribution is 2.68. The average molecular weight is 591 g/mol. The van der Waals surface area contributed by atoms with E-state index < -0.39 is 5.97 Å². The Morgan fingerprint density at radius 1 is 0.909 bits per heavy atom. The zero-order valence-corrected chi connectivity index (χ0v) is 27.9. The first kappa shape index (κ1) is 30.1. The van der Waals surface area contributed by atoms with Gasteiger partial charge in [0.2, 0.25) is 0 Å². The number of hydrogen-bond acceptors (Lipinski definition) is 1. The van der Waals surface area contributed by atoms with Gasteiger partial charge in [-0.15, -0.1) is 0 Å². The second kappa shape index (κ2) is 11.3. The van der Waals surface area contributed by atoms with E-state index in [-0.39, 0.29) is 0 Å². The molecule has 0 unspecified atom stereocenters. The van der Waals surface area contributed by atoms with Crippen LogP contribution in [-0.2, 0) is 0 Å². The molecule has 3 aromatic carbocycles. The van der Waals surface area contributed by atoms with Gasteiger partial charge in [0.1, 0.15) is 0 Å². The fourth-order valence-electron chi connectivity index (χ4n) is 11.7. The molecule has 0 saturated heterocycles. The van der Waals surface area contributed by atoms with E-state index in [2.05, 4.69) is 65.0 Å². The lowest BCUT2D eigenvalue weighted by atomic mass is 9.46. The SMILES string of the molecule is CC(C)CCC[C@@H](C)[C@H]1CC[C@H]2[C@@H]3CC=C4C[C@@H](c5cccc6cc7ccccc7c(C(=O)O)c56)CC[C@]4(C)[C@H]3CC[C@]12C. The average Bonchev–Trinajstić information content (AvgIpc) is 3.36. The number of fused-ring (bicyclic) bond motifs is 7. The van der Waals surface area contributed by atoms with Crippen molar-refractivity contribution in [3.8, 4) is 0 Å². The van der Waals surface area contributed by atoms with Gasteiger partial charge in [-0.2, -0.15) is 0 Å². The molecule has 3 saturated carbocycles. The Balaban J connectivity index is 1.16. The third-order valence-electron chi connectivity index (χ3n) is 13.9. The van der Waals surface area contributed by atoms with Gasteiger partial charge in [0.25, 0.3) is 0 Å². The van der Waals surface area contributed by atoms with E-state index in [9.17, 15) is 9.90 Å². The second-order valence-corrected chi connectivity index (χ2v) is 16.5. The molecule has 0 radical (unpaired) electrons. The molecule has 3 fully saturated rings. The summed E-state index contributed by atoms with van der Waals surface area (Å²) in [7, 11) is 0. The number of carboxylic acids is 1. The molecule has 0 bridgehead atoms. The van der Waals surface area contributed by atoms with Gasteiger partial charge in [-0.25, -0.2) is 4.79 Å². The zero-order chi connectivity index (χ0) is 30.8. The van der Waals surface area contributed by atoms with Gasteiger partial charge in [-0.3, -0.25) is 0 Å². The number of carboxylic acid groups (broad SMARTS) is 1. The van der Waals surface area contributed by atoms with Crippen molar-refractivity contribution in [3.05, 3.63) is 71.3 Å². The molecule has 3 aromatic rings. The predicted octanol–water partition coefficient (Wildman–Crippen LogP) is 11.8. The maximum Gasteiger partial charge on any atom is 0.336 e. The molecule has 4 aliphatic rings. The number of rotatable bonds is 7. The molecule has 4 aliphatic carbocycles. The number of benzene rings is 3. The Hall–Kier alpha value is -2.61. The molecular formula is C42H54O2. The normalized spacial score (nSPS) is 34.0. The van der Waals surface area contributed by atoms with Gasteiger partial charge in [0.05, 0.1) is 5.56 Å². The van der Waals surface area contributed by atoms with Crippen LogP contribution >= 0.6 is 0 Å². The van der Waals surface area contributed by atoms with E-state index in [4.69, 9.17) is 0 Å². The summed E-state index contributed by atoms with van der Waals surface area (Å²) in [5.41, 5.74) is 4.24. The lowest BCUT2D eigenvalue weighted by Crippen LogP contribution is -2.50. The predicted molar refractivity (Wildman–Crippen MR) is 184 cm³/mol. The fraction of sp³-hybridized carbons (Fsp3) is 0.595. The van der Waals surface area contributed by atoms with E-state index in [1.54, 1.807) is 5.57 Å². The summed E-state index contributed by atoms with van der Waals surface area (Å²) in [6.45, 7) is 12.6. The van der Waals surface area contributed by atoms with Crippen LogP contribution in [-0.4, -0.2) is 11.1 Å². The maximum atomic E-state index is 12.7. The molecular weight excluding hydrogens is 536 g/mol. The Kier molecular flexibility index (Phi) is 7.74. The van der Waals surface area contributed by atoms with Gasteiger partial charge in [-0.05, 0) is 131 Å². The van der Waals surface area contributed by atoms with Gasteiger partial charge >= 0.3 is 5.97 Å². The lowest BCUT2D eigenvalue weighted by Gasteiger charge is -2.58. The van der Waals surface area contributed by atoms with Crippen LogP contribution in [0.3, 0.4) is 0 Å². The van der Waals surface area contributed by atoms with Crippen molar-refractivity contribution in [2.24, 2.45) is 46.3 Å². The summed E-state index contributed by atoms with van der Waals surface area (Å²) in [6, 6.07) is 16.7. The number of hydrogen-bond donors (Lipinski definition) is 1. The monoisotopic (exact) mass is 590 g/mol. The number of allylic oxidation sites excluding steroid dienone is 2. The van der Waals surface area contributed by atoms with E-state index >= 15 is 0 Å². The summed E-state index contributed by atoms with van der Waals surface area (Å²) < 4.78 is 0. The highest BCUT2D eigenvalue weighted by atomic mass is 16.4. The first-order valence-electron chi connectivity index (χ1n) is 18.0. The highest BCUT2D eigenvalue weighted by molar-refractivity contribution is 6.17. The van der Waals surface area contributed by atoms with E-state index in [0.29, 0.717) is 22.3 Å². The topological polar surface area (TPSA) is 37.3 Å². The van der Waals surface area contributed by atoms with Gasteiger partial charge in [-0.1, -0.05) is 108 Å². The second-order valence-electron chi connectivity index (χ2n) is 16.5. The molecule has 0 aromatic heterocycles. The van der Waals surface area contributed by atoms with Gasteiger partial charge in [0.15, 0.2) is 0 Å². The lowest BCUT2D eigenvalue weighted by molar-refractivity contribution is -0.0510. The first-order chi connectivity index (χ1) is 21.1. The highest BCUT2D eigenvalue weighted by Gasteiger charge is 2.59. The van der Waals surface area contributed by atoms with Crippen LogP contribution in [0.1, 0.15) is 127 Å². The molecule has 234 valence electrons. The molecule has 1 N–H and O–H groups in total. The summed E-state index contributed by atoms with van der Waals surface area (Å²) in [5, 5.41) is 14.4. The molecule has 0 heterocycles. The third-order valence-corrected chi connectivity index (χ3v) is 13.9. The maximum absolute atomic E-state index is 12.7. The van der Waals surface area contributed by atoms with E-state index in [0.717, 1.165) is 69.9 Å². The summed E-state index contributed by atoms with van der Waals surface area (Å²) >= 11 is 0. The minimum absolute atomic E-state index is 0.300. The Morgan fingerprint density at radius 3 is 2.50 bits per heavy atom. The number of aromatic carboxylic acids is 1. The molecule has 8 atom stereocenters. The smallest absolute Gasteiger partial charge is 0.336 e. The van der Waals surface area contributed by atoms with Crippen LogP contribution < -0.4 is 0 Å². The van der Waals surface area contributed by atoms with Crippen molar-refractivity contribution in [1.29, 1.82) is 0 Å². The Bertz CT molecular complexity index is 1600. The van der Waals surface area contributed by atoms with Crippen LogP contribution in [0.5, 0.6) is 0 Å². The molecule has 7 rings (SSSR count). The molecule has 44 heavy (non-hydrogen) atoms. The molecule has 0 spiro atoms. The van der Waals surface area contributed by atoms with Crippen molar-refractivity contribution >= 4 is 27.5 Å². The quantitative estimate of drug-likeness (QED) is 0.219. The summed E-state index contributed by atoms with van der Waals surface area (Å²) in [5.74, 6) is 4.69. The van der Waals surface area contributed by atoms with Gasteiger partial charge < -0.3 is 5.11 Å². The molecule has 2 nitrogen and oxygen atoms in total. The van der Waals surface area contributed by atoms with Crippen LogP contribution in [0.25, 0.3) is 21.5 Å². The third kappa shape index (κ3) is 4.76. The van der Waals surface area contributed by atoms with E-state index in [1.807, 2.05) is 24.3 Å². The minimum Gasteiger partial charge on any atom is -0.478 e. The van der Waals surface area contributed by atoms with Crippen LogP contribution in [0.2, 0.25) is 0 Å². The first-order valence-corrected chi connectivity index (χ1v) is 18.0. The fourth-order valence-corrected chi connectivity index (χ4v) is 11.7. The van der Waals surface area contributed by atoms with Crippen molar-refractivity contribution < 1.29 is 9.90 Å².